The number of hydrogen-bond donors (Lipinski definition) is 0. The lowest BCUT2D eigenvalue weighted by atomic mass is 10.00. The van der Waals surface area contributed by atoms with Gasteiger partial charge in [-0.3, -0.25) is 4.98 Å². The summed E-state index contributed by atoms with van der Waals surface area (Å²) >= 11 is 6.06. The summed E-state index contributed by atoms with van der Waals surface area (Å²) in [6.07, 6.45) is 2.03. The van der Waals surface area contributed by atoms with E-state index in [1.165, 1.54) is 6.07 Å². The Morgan fingerprint density at radius 2 is 1.62 bits per heavy atom. The third-order valence-corrected chi connectivity index (χ3v) is 4.60. The average Bonchev–Trinajstić information content (AvgIpc) is 2.68. The Morgan fingerprint density at radius 3 is 2.23 bits per heavy atom. The second kappa shape index (κ2) is 7.79. The highest BCUT2D eigenvalue weighted by Gasteiger charge is 2.15. The molecule has 1 heterocycles. The zero-order valence-electron chi connectivity index (χ0n) is 14.8. The lowest BCUT2D eigenvalue weighted by molar-refractivity contribution is 0.356. The molecule has 4 nitrogen and oxygen atoms in total. The van der Waals surface area contributed by atoms with Crippen molar-refractivity contribution < 1.29 is 18.6 Å². The molecule has 6 heteroatoms. The van der Waals surface area contributed by atoms with Crippen molar-refractivity contribution in [2.75, 3.05) is 21.3 Å². The van der Waals surface area contributed by atoms with Crippen LogP contribution in [0.4, 0.5) is 4.39 Å². The van der Waals surface area contributed by atoms with E-state index in [-0.39, 0.29) is 5.82 Å². The van der Waals surface area contributed by atoms with Crippen molar-refractivity contribution in [2.45, 2.75) is 12.3 Å². The molecule has 0 atom stereocenters. The van der Waals surface area contributed by atoms with Crippen LogP contribution in [0.15, 0.2) is 36.5 Å². The number of aromatic nitrogens is 1. The van der Waals surface area contributed by atoms with Gasteiger partial charge in [-0.25, -0.2) is 4.39 Å². The number of benzene rings is 2. The van der Waals surface area contributed by atoms with Gasteiger partial charge in [-0.2, -0.15) is 0 Å². The number of rotatable bonds is 6. The topological polar surface area (TPSA) is 40.6 Å². The van der Waals surface area contributed by atoms with E-state index in [0.29, 0.717) is 35.1 Å². The standard InChI is InChI=1S/C20H19ClFNO3/c1-24-14-4-5-17(22)12(6-14)7-18-16-9-20(26-3)19(25-2)8-15(16)13(10-21)11-23-18/h4-6,8-9,11H,7,10H2,1-3H3. The fourth-order valence-electron chi connectivity index (χ4n) is 2.92. The Hall–Kier alpha value is -2.53. The van der Waals surface area contributed by atoms with Gasteiger partial charge in [0.25, 0.3) is 0 Å². The SMILES string of the molecule is COc1ccc(F)c(Cc2ncc(CCl)c3cc(OC)c(OC)cc23)c1. The molecule has 0 amide bonds. The third kappa shape index (κ3) is 3.40. The maximum absolute atomic E-state index is 14.3. The number of fused-ring (bicyclic) bond motifs is 1. The maximum atomic E-state index is 14.3. The summed E-state index contributed by atoms with van der Waals surface area (Å²) in [6.45, 7) is 0. The second-order valence-corrected chi connectivity index (χ2v) is 6.02. The normalized spacial score (nSPS) is 10.8. The fraction of sp³-hybridized carbons (Fsp3) is 0.250. The minimum Gasteiger partial charge on any atom is -0.497 e. The summed E-state index contributed by atoms with van der Waals surface area (Å²) in [5, 5.41) is 1.76. The first-order valence-electron chi connectivity index (χ1n) is 8.02. The van der Waals surface area contributed by atoms with Gasteiger partial charge in [0.1, 0.15) is 11.6 Å². The van der Waals surface area contributed by atoms with E-state index in [4.69, 9.17) is 25.8 Å². The van der Waals surface area contributed by atoms with Crippen LogP contribution in [0.1, 0.15) is 16.8 Å². The van der Waals surface area contributed by atoms with Crippen molar-refractivity contribution in [3.63, 3.8) is 0 Å². The number of hydrogen-bond acceptors (Lipinski definition) is 4. The van der Waals surface area contributed by atoms with Gasteiger partial charge in [0.2, 0.25) is 0 Å². The molecule has 0 saturated heterocycles. The summed E-state index contributed by atoms with van der Waals surface area (Å²) < 4.78 is 30.2. The van der Waals surface area contributed by atoms with Gasteiger partial charge < -0.3 is 14.2 Å². The van der Waals surface area contributed by atoms with Gasteiger partial charge in [-0.15, -0.1) is 11.6 Å². The minimum absolute atomic E-state index is 0.303. The molecule has 0 aliphatic carbocycles. The van der Waals surface area contributed by atoms with Gasteiger partial charge in [-0.05, 0) is 46.8 Å². The number of nitrogens with zero attached hydrogens (tertiary/aromatic N) is 1. The zero-order chi connectivity index (χ0) is 18.7. The molecule has 3 rings (SSSR count). The predicted molar refractivity (Wildman–Crippen MR) is 100 cm³/mol. The van der Waals surface area contributed by atoms with Crippen LogP contribution in [-0.2, 0) is 12.3 Å². The molecule has 136 valence electrons. The Labute approximate surface area is 156 Å². The van der Waals surface area contributed by atoms with Gasteiger partial charge in [0, 0.05) is 23.9 Å². The zero-order valence-corrected chi connectivity index (χ0v) is 15.6. The second-order valence-electron chi connectivity index (χ2n) is 5.75. The van der Waals surface area contributed by atoms with Crippen molar-refractivity contribution in [1.82, 2.24) is 4.98 Å². The molecule has 3 aromatic rings. The molecule has 0 N–H and O–H groups in total. The quantitative estimate of drug-likeness (QED) is 0.584. The van der Waals surface area contributed by atoms with Crippen molar-refractivity contribution in [1.29, 1.82) is 0 Å². The summed E-state index contributed by atoms with van der Waals surface area (Å²) in [5.74, 6) is 1.80. The molecule has 0 aliphatic rings. The van der Waals surface area contributed by atoms with Crippen molar-refractivity contribution >= 4 is 22.4 Å². The van der Waals surface area contributed by atoms with E-state index in [0.717, 1.165) is 22.0 Å². The number of halogens is 2. The van der Waals surface area contributed by atoms with Crippen LogP contribution in [0, 0.1) is 5.82 Å². The number of methoxy groups -OCH3 is 3. The smallest absolute Gasteiger partial charge is 0.161 e. The Kier molecular flexibility index (Phi) is 5.47. The van der Waals surface area contributed by atoms with E-state index in [2.05, 4.69) is 4.98 Å². The molecule has 2 aromatic carbocycles. The van der Waals surface area contributed by atoms with Crippen LogP contribution in [0.5, 0.6) is 17.2 Å². The van der Waals surface area contributed by atoms with E-state index in [1.54, 1.807) is 39.7 Å². The van der Waals surface area contributed by atoms with Crippen LogP contribution >= 0.6 is 11.6 Å². The molecule has 0 fully saturated rings. The Balaban J connectivity index is 2.17. The number of ether oxygens (including phenoxy) is 3. The Morgan fingerprint density at radius 1 is 0.923 bits per heavy atom. The van der Waals surface area contributed by atoms with Crippen LogP contribution in [0.25, 0.3) is 10.8 Å². The summed E-state index contributed by atoms with van der Waals surface area (Å²) in [7, 11) is 4.71. The highest BCUT2D eigenvalue weighted by molar-refractivity contribution is 6.18. The van der Waals surface area contributed by atoms with E-state index >= 15 is 0 Å². The molecular weight excluding hydrogens is 357 g/mol. The first-order chi connectivity index (χ1) is 12.6. The molecule has 0 unspecified atom stereocenters. The number of pyridine rings is 1. The van der Waals surface area contributed by atoms with Crippen LogP contribution in [-0.4, -0.2) is 26.3 Å². The van der Waals surface area contributed by atoms with E-state index in [1.807, 2.05) is 12.1 Å². The van der Waals surface area contributed by atoms with Crippen LogP contribution in [0.2, 0.25) is 0 Å². The molecule has 0 radical (unpaired) electrons. The monoisotopic (exact) mass is 375 g/mol. The molecule has 0 aliphatic heterocycles. The van der Waals surface area contributed by atoms with Crippen LogP contribution < -0.4 is 14.2 Å². The maximum Gasteiger partial charge on any atom is 0.161 e. The molecule has 0 saturated carbocycles. The highest BCUT2D eigenvalue weighted by Crippen LogP contribution is 2.36. The van der Waals surface area contributed by atoms with Gasteiger partial charge in [-0.1, -0.05) is 0 Å². The van der Waals surface area contributed by atoms with Crippen molar-refractivity contribution in [3.05, 3.63) is 59.2 Å². The van der Waals surface area contributed by atoms with Gasteiger partial charge >= 0.3 is 0 Å². The average molecular weight is 376 g/mol. The lowest BCUT2D eigenvalue weighted by Gasteiger charge is -2.14. The summed E-state index contributed by atoms with van der Waals surface area (Å²) in [4.78, 5) is 4.51. The van der Waals surface area contributed by atoms with Gasteiger partial charge in [0.15, 0.2) is 11.5 Å². The molecule has 26 heavy (non-hydrogen) atoms. The lowest BCUT2D eigenvalue weighted by Crippen LogP contribution is -2.00. The summed E-state index contributed by atoms with van der Waals surface area (Å²) in [6, 6.07) is 8.39. The highest BCUT2D eigenvalue weighted by atomic mass is 35.5. The largest absolute Gasteiger partial charge is 0.497 e. The third-order valence-electron chi connectivity index (χ3n) is 4.31. The van der Waals surface area contributed by atoms with Crippen molar-refractivity contribution in [3.8, 4) is 17.2 Å². The first kappa shape index (κ1) is 18.3. The molecule has 0 bridgehead atoms. The summed E-state index contributed by atoms with van der Waals surface area (Å²) in [5.41, 5.74) is 2.10. The minimum atomic E-state index is -0.303. The van der Waals surface area contributed by atoms with Crippen LogP contribution in [0.3, 0.4) is 0 Å². The molecular formula is C20H19ClFNO3. The van der Waals surface area contributed by atoms with Crippen molar-refractivity contribution in [2.24, 2.45) is 0 Å². The fourth-order valence-corrected chi connectivity index (χ4v) is 3.13. The Bertz CT molecular complexity index is 946. The predicted octanol–water partition coefficient (Wildman–Crippen LogP) is 4.73. The van der Waals surface area contributed by atoms with E-state index in [9.17, 15) is 4.39 Å². The first-order valence-corrected chi connectivity index (χ1v) is 8.55. The van der Waals surface area contributed by atoms with E-state index < -0.39 is 0 Å². The molecule has 0 spiro atoms. The number of alkyl halides is 1. The molecule has 1 aromatic heterocycles. The van der Waals surface area contributed by atoms with Gasteiger partial charge in [0.05, 0.1) is 27.0 Å².